The molecule has 1 aliphatic heterocycles. The number of hydrogen-bond acceptors (Lipinski definition) is 3. The second-order valence-corrected chi connectivity index (χ2v) is 4.47. The second kappa shape index (κ2) is 4.30. The monoisotopic (exact) mass is 232 g/mol. The molecule has 1 heterocycles. The van der Waals surface area contributed by atoms with Crippen LogP contribution in [-0.2, 0) is 11.2 Å². The molecule has 4 heteroatoms. The lowest BCUT2D eigenvalue weighted by Gasteiger charge is -2.11. The van der Waals surface area contributed by atoms with Crippen LogP contribution in [-0.4, -0.2) is 25.3 Å². The summed E-state index contributed by atoms with van der Waals surface area (Å²) in [6, 6.07) is 5.41. The van der Waals surface area contributed by atoms with Gasteiger partial charge in [0.05, 0.1) is 6.42 Å². The van der Waals surface area contributed by atoms with Gasteiger partial charge in [0.15, 0.2) is 5.78 Å². The van der Waals surface area contributed by atoms with Gasteiger partial charge in [-0.3, -0.25) is 9.59 Å². The Hall–Kier alpha value is -1.68. The van der Waals surface area contributed by atoms with Gasteiger partial charge in [-0.2, -0.15) is 0 Å². The molecule has 0 bridgehead atoms. The summed E-state index contributed by atoms with van der Waals surface area (Å²) in [7, 11) is 1.75. The minimum absolute atomic E-state index is 0.0392. The number of Topliss-reactive ketones (excluding diaryl/α,β-unsaturated/α-hetero) is 1. The Morgan fingerprint density at radius 3 is 2.88 bits per heavy atom. The molecule has 0 aliphatic carbocycles. The van der Waals surface area contributed by atoms with Crippen molar-refractivity contribution in [2.24, 2.45) is 11.7 Å². The molecule has 1 unspecified atom stereocenters. The summed E-state index contributed by atoms with van der Waals surface area (Å²) < 4.78 is 0. The van der Waals surface area contributed by atoms with Crippen molar-refractivity contribution in [3.63, 3.8) is 0 Å². The number of carbonyl (C=O) groups excluding carboxylic acids is 2. The van der Waals surface area contributed by atoms with Crippen molar-refractivity contribution in [3.05, 3.63) is 29.3 Å². The third kappa shape index (κ3) is 1.96. The predicted octanol–water partition coefficient (Wildman–Crippen LogP) is 0.983. The van der Waals surface area contributed by atoms with E-state index in [1.807, 2.05) is 19.1 Å². The van der Waals surface area contributed by atoms with Crippen LogP contribution in [0.3, 0.4) is 0 Å². The van der Waals surface area contributed by atoms with Gasteiger partial charge in [0.25, 0.3) is 0 Å². The summed E-state index contributed by atoms with van der Waals surface area (Å²) in [5.41, 5.74) is 7.95. The fourth-order valence-corrected chi connectivity index (χ4v) is 2.01. The summed E-state index contributed by atoms with van der Waals surface area (Å²) in [6.45, 7) is 2.15. The highest BCUT2D eigenvalue weighted by atomic mass is 16.2. The van der Waals surface area contributed by atoms with E-state index in [4.69, 9.17) is 5.73 Å². The smallest absolute Gasteiger partial charge is 0.231 e. The number of hydrogen-bond donors (Lipinski definition) is 1. The molecule has 0 spiro atoms. The molecule has 2 N–H and O–H groups in total. The van der Waals surface area contributed by atoms with Crippen molar-refractivity contribution in [1.82, 2.24) is 0 Å². The highest BCUT2D eigenvalue weighted by molar-refractivity contribution is 6.03. The first kappa shape index (κ1) is 11.8. The normalized spacial score (nSPS) is 15.9. The first-order valence-electron chi connectivity index (χ1n) is 5.68. The van der Waals surface area contributed by atoms with Crippen molar-refractivity contribution in [2.75, 3.05) is 18.5 Å². The van der Waals surface area contributed by atoms with Crippen LogP contribution in [0, 0.1) is 5.92 Å². The zero-order chi connectivity index (χ0) is 12.6. The highest BCUT2D eigenvalue weighted by Gasteiger charge is 2.25. The van der Waals surface area contributed by atoms with E-state index in [9.17, 15) is 9.59 Å². The Labute approximate surface area is 100 Å². The molecule has 0 saturated carbocycles. The molecular formula is C13H16N2O2. The van der Waals surface area contributed by atoms with Gasteiger partial charge in [-0.15, -0.1) is 0 Å². The summed E-state index contributed by atoms with van der Waals surface area (Å²) in [6.07, 6.45) is 0.379. The van der Waals surface area contributed by atoms with Crippen LogP contribution < -0.4 is 10.6 Å². The number of nitrogens with two attached hydrogens (primary N) is 1. The molecule has 90 valence electrons. The van der Waals surface area contributed by atoms with E-state index in [1.165, 1.54) is 0 Å². The van der Waals surface area contributed by atoms with Gasteiger partial charge in [-0.1, -0.05) is 6.92 Å². The number of rotatable bonds is 3. The van der Waals surface area contributed by atoms with E-state index >= 15 is 0 Å². The van der Waals surface area contributed by atoms with Crippen molar-refractivity contribution in [3.8, 4) is 0 Å². The number of ketones is 1. The molecule has 0 radical (unpaired) electrons. The second-order valence-electron chi connectivity index (χ2n) is 4.47. The quantitative estimate of drug-likeness (QED) is 0.790. The minimum atomic E-state index is -0.178. The zero-order valence-corrected chi connectivity index (χ0v) is 10.1. The number of benzene rings is 1. The van der Waals surface area contributed by atoms with Gasteiger partial charge >= 0.3 is 0 Å². The Morgan fingerprint density at radius 2 is 2.24 bits per heavy atom. The van der Waals surface area contributed by atoms with Crippen LogP contribution in [0.2, 0.25) is 0 Å². The zero-order valence-electron chi connectivity index (χ0n) is 10.1. The van der Waals surface area contributed by atoms with E-state index in [0.717, 1.165) is 11.3 Å². The highest BCUT2D eigenvalue weighted by Crippen LogP contribution is 2.28. The summed E-state index contributed by atoms with van der Waals surface area (Å²) in [5, 5.41) is 0. The molecule has 1 amide bonds. The molecule has 4 nitrogen and oxygen atoms in total. The maximum absolute atomic E-state index is 12.0. The molecule has 0 saturated heterocycles. The van der Waals surface area contributed by atoms with Crippen molar-refractivity contribution in [2.45, 2.75) is 13.3 Å². The van der Waals surface area contributed by atoms with Gasteiger partial charge < -0.3 is 10.6 Å². The lowest BCUT2D eigenvalue weighted by atomic mass is 9.97. The number of likely N-dealkylation sites (N-methyl/N-ethyl adjacent to an activating group) is 1. The molecule has 1 aliphatic rings. The topological polar surface area (TPSA) is 63.4 Å². The number of carbonyl (C=O) groups is 2. The van der Waals surface area contributed by atoms with E-state index in [0.29, 0.717) is 18.5 Å². The Bertz CT molecular complexity index is 482. The van der Waals surface area contributed by atoms with Crippen LogP contribution in [0.4, 0.5) is 5.69 Å². The molecule has 1 aromatic carbocycles. The maximum atomic E-state index is 12.0. The number of nitrogens with zero attached hydrogens (tertiary/aromatic N) is 1. The van der Waals surface area contributed by atoms with Gasteiger partial charge in [-0.25, -0.2) is 0 Å². The third-order valence-electron chi connectivity index (χ3n) is 3.24. The van der Waals surface area contributed by atoms with E-state index < -0.39 is 0 Å². The SMILES string of the molecule is CC(CN)C(=O)c1ccc2c(c1)CC(=O)N2C. The molecule has 0 aromatic heterocycles. The number of amides is 1. The first-order chi connectivity index (χ1) is 8.04. The minimum Gasteiger partial charge on any atom is -0.330 e. The van der Waals surface area contributed by atoms with Gasteiger partial charge in [0.1, 0.15) is 0 Å². The number of fused-ring (bicyclic) bond motifs is 1. The maximum Gasteiger partial charge on any atom is 0.231 e. The summed E-state index contributed by atoms with van der Waals surface area (Å²) in [4.78, 5) is 25.1. The predicted molar refractivity (Wildman–Crippen MR) is 66.1 cm³/mol. The molecule has 1 atom stereocenters. The average molecular weight is 232 g/mol. The van der Waals surface area contributed by atoms with E-state index in [1.54, 1.807) is 18.0 Å². The van der Waals surface area contributed by atoms with Gasteiger partial charge in [-0.05, 0) is 23.8 Å². The van der Waals surface area contributed by atoms with E-state index in [2.05, 4.69) is 0 Å². The fraction of sp³-hybridized carbons (Fsp3) is 0.385. The number of anilines is 1. The molecular weight excluding hydrogens is 216 g/mol. The van der Waals surface area contributed by atoms with Gasteiger partial charge in [0, 0.05) is 30.8 Å². The lowest BCUT2D eigenvalue weighted by Crippen LogP contribution is -2.21. The van der Waals surface area contributed by atoms with Crippen LogP contribution in [0.1, 0.15) is 22.8 Å². The molecule has 1 aromatic rings. The summed E-state index contributed by atoms with van der Waals surface area (Å²) >= 11 is 0. The van der Waals surface area contributed by atoms with Crippen molar-refractivity contribution >= 4 is 17.4 Å². The van der Waals surface area contributed by atoms with Crippen LogP contribution in [0.5, 0.6) is 0 Å². The molecule has 17 heavy (non-hydrogen) atoms. The van der Waals surface area contributed by atoms with Crippen LogP contribution in [0.25, 0.3) is 0 Å². The summed E-state index contributed by atoms with van der Waals surface area (Å²) in [5.74, 6) is -0.0725. The van der Waals surface area contributed by atoms with Gasteiger partial charge in [0.2, 0.25) is 5.91 Å². The average Bonchev–Trinajstić information content (AvgIpc) is 2.62. The van der Waals surface area contributed by atoms with Crippen molar-refractivity contribution in [1.29, 1.82) is 0 Å². The largest absolute Gasteiger partial charge is 0.330 e. The Kier molecular flexibility index (Phi) is 2.98. The molecule has 2 rings (SSSR count). The fourth-order valence-electron chi connectivity index (χ4n) is 2.01. The van der Waals surface area contributed by atoms with Crippen molar-refractivity contribution < 1.29 is 9.59 Å². The molecule has 0 fully saturated rings. The van der Waals surface area contributed by atoms with E-state index in [-0.39, 0.29) is 17.6 Å². The standard InChI is InChI=1S/C13H16N2O2/c1-8(7-14)13(17)9-3-4-11-10(5-9)6-12(16)15(11)2/h3-5,8H,6-7,14H2,1-2H3. The van der Waals surface area contributed by atoms with Crippen LogP contribution >= 0.6 is 0 Å². The Morgan fingerprint density at radius 1 is 1.53 bits per heavy atom. The van der Waals surface area contributed by atoms with Crippen LogP contribution in [0.15, 0.2) is 18.2 Å². The third-order valence-corrected chi connectivity index (χ3v) is 3.24. The first-order valence-corrected chi connectivity index (χ1v) is 5.68. The lowest BCUT2D eigenvalue weighted by molar-refractivity contribution is -0.117. The Balaban J connectivity index is 2.33.